The Bertz CT molecular complexity index is 541. The summed E-state index contributed by atoms with van der Waals surface area (Å²) < 4.78 is 38.0. The topological polar surface area (TPSA) is 57.4 Å². The van der Waals surface area contributed by atoms with Gasteiger partial charge in [0.1, 0.15) is 5.69 Å². The lowest BCUT2D eigenvalue weighted by Crippen LogP contribution is -2.28. The molecule has 1 aliphatic rings. The summed E-state index contributed by atoms with van der Waals surface area (Å²) in [5, 5.41) is 6.53. The van der Waals surface area contributed by atoms with E-state index in [2.05, 4.69) is 20.2 Å². The van der Waals surface area contributed by atoms with Crippen molar-refractivity contribution in [3.8, 4) is 11.5 Å². The lowest BCUT2D eigenvalue weighted by atomic mass is 9.89. The van der Waals surface area contributed by atoms with E-state index in [9.17, 15) is 13.2 Å². The Balaban J connectivity index is 1.89. The van der Waals surface area contributed by atoms with Gasteiger partial charge in [-0.3, -0.25) is 5.10 Å². The number of aromatic amines is 2. The van der Waals surface area contributed by atoms with Crippen LogP contribution in [-0.4, -0.2) is 26.3 Å². The predicted molar refractivity (Wildman–Crippen MR) is 57.7 cm³/mol. The number of aromatic nitrogens is 4. The van der Waals surface area contributed by atoms with Crippen molar-refractivity contribution in [2.75, 3.05) is 0 Å². The number of hydrogen-bond donors (Lipinski definition) is 2. The van der Waals surface area contributed by atoms with Crippen LogP contribution in [0, 0.1) is 5.92 Å². The average molecular weight is 256 g/mol. The van der Waals surface area contributed by atoms with E-state index in [1.165, 1.54) is 0 Å². The lowest BCUT2D eigenvalue weighted by molar-refractivity contribution is -0.177. The fourth-order valence-corrected chi connectivity index (χ4v) is 2.28. The van der Waals surface area contributed by atoms with Crippen LogP contribution < -0.4 is 0 Å². The minimum Gasteiger partial charge on any atom is -0.340 e. The van der Waals surface area contributed by atoms with Gasteiger partial charge in [-0.05, 0) is 18.9 Å². The summed E-state index contributed by atoms with van der Waals surface area (Å²) in [5.41, 5.74) is 2.02. The quantitative estimate of drug-likeness (QED) is 0.823. The molecule has 0 aromatic carbocycles. The minimum absolute atomic E-state index is 0.0139. The average Bonchev–Trinajstić information content (AvgIpc) is 2.95. The molecule has 1 aliphatic carbocycles. The molecule has 0 bridgehead atoms. The maximum atomic E-state index is 12.7. The van der Waals surface area contributed by atoms with Crippen LogP contribution in [-0.2, 0) is 12.8 Å². The number of halogens is 3. The predicted octanol–water partition coefficient (Wildman–Crippen LogP) is 2.47. The highest BCUT2D eigenvalue weighted by Gasteiger charge is 2.42. The molecule has 0 spiro atoms. The highest BCUT2D eigenvalue weighted by Crippen LogP contribution is 2.36. The maximum Gasteiger partial charge on any atom is 0.392 e. The third-order valence-electron chi connectivity index (χ3n) is 3.26. The van der Waals surface area contributed by atoms with Crippen LogP contribution in [0.4, 0.5) is 13.2 Å². The van der Waals surface area contributed by atoms with Gasteiger partial charge in [-0.1, -0.05) is 0 Å². The molecule has 2 N–H and O–H groups in total. The lowest BCUT2D eigenvalue weighted by Gasteiger charge is -2.23. The van der Waals surface area contributed by atoms with E-state index in [4.69, 9.17) is 0 Å². The number of rotatable bonds is 1. The molecule has 2 aromatic rings. The van der Waals surface area contributed by atoms with Crippen molar-refractivity contribution in [1.29, 1.82) is 0 Å². The van der Waals surface area contributed by atoms with Crippen molar-refractivity contribution in [3.63, 3.8) is 0 Å². The SMILES string of the molecule is FC(F)(F)C1CCc2nc(-c3ccn[nH]3)[nH]c2C1. The molecule has 3 rings (SSSR count). The first-order chi connectivity index (χ1) is 8.54. The van der Waals surface area contributed by atoms with E-state index in [1.807, 2.05) is 0 Å². The molecule has 0 saturated heterocycles. The first-order valence-electron chi connectivity index (χ1n) is 5.68. The van der Waals surface area contributed by atoms with Crippen molar-refractivity contribution in [2.45, 2.75) is 25.4 Å². The number of alkyl halides is 3. The van der Waals surface area contributed by atoms with Gasteiger partial charge < -0.3 is 4.98 Å². The first kappa shape index (κ1) is 11.3. The second kappa shape index (κ2) is 3.86. The molecule has 2 heterocycles. The number of imidazole rings is 1. The van der Waals surface area contributed by atoms with Gasteiger partial charge in [-0.25, -0.2) is 4.98 Å². The summed E-state index contributed by atoms with van der Waals surface area (Å²) in [6.07, 6.45) is -2.08. The molecule has 0 aliphatic heterocycles. The Morgan fingerprint density at radius 3 is 2.83 bits per heavy atom. The zero-order valence-electron chi connectivity index (χ0n) is 9.38. The second-order valence-corrected chi connectivity index (χ2v) is 4.46. The maximum absolute atomic E-state index is 12.7. The summed E-state index contributed by atoms with van der Waals surface area (Å²) in [7, 11) is 0. The molecule has 0 radical (unpaired) electrons. The molecule has 0 amide bonds. The van der Waals surface area contributed by atoms with E-state index in [1.54, 1.807) is 12.3 Å². The molecule has 1 unspecified atom stereocenters. The number of fused-ring (bicyclic) bond motifs is 1. The number of aryl methyl sites for hydroxylation is 1. The van der Waals surface area contributed by atoms with Crippen LogP contribution >= 0.6 is 0 Å². The van der Waals surface area contributed by atoms with Crippen molar-refractivity contribution in [1.82, 2.24) is 20.2 Å². The smallest absolute Gasteiger partial charge is 0.340 e. The Morgan fingerprint density at radius 1 is 1.33 bits per heavy atom. The highest BCUT2D eigenvalue weighted by atomic mass is 19.4. The Morgan fingerprint density at radius 2 is 2.17 bits per heavy atom. The third kappa shape index (κ3) is 1.89. The molecule has 96 valence electrons. The van der Waals surface area contributed by atoms with Crippen LogP contribution in [0.15, 0.2) is 12.3 Å². The van der Waals surface area contributed by atoms with Gasteiger partial charge in [0.05, 0.1) is 11.6 Å². The zero-order chi connectivity index (χ0) is 12.8. The van der Waals surface area contributed by atoms with E-state index >= 15 is 0 Å². The number of hydrogen-bond acceptors (Lipinski definition) is 2. The molecule has 2 aromatic heterocycles. The van der Waals surface area contributed by atoms with Gasteiger partial charge in [0.2, 0.25) is 0 Å². The van der Waals surface area contributed by atoms with Crippen LogP contribution in [0.2, 0.25) is 0 Å². The summed E-state index contributed by atoms with van der Waals surface area (Å²) in [6.45, 7) is 0. The van der Waals surface area contributed by atoms with Crippen LogP contribution in [0.3, 0.4) is 0 Å². The summed E-state index contributed by atoms with van der Waals surface area (Å²) in [5.74, 6) is -0.708. The molecule has 0 fully saturated rings. The van der Waals surface area contributed by atoms with Crippen molar-refractivity contribution in [3.05, 3.63) is 23.7 Å². The molecular formula is C11H11F3N4. The Hall–Kier alpha value is -1.79. The van der Waals surface area contributed by atoms with Gasteiger partial charge in [0.15, 0.2) is 5.82 Å². The molecule has 0 saturated carbocycles. The Kier molecular flexibility index (Phi) is 2.42. The number of nitrogens with zero attached hydrogens (tertiary/aromatic N) is 2. The van der Waals surface area contributed by atoms with Gasteiger partial charge in [-0.2, -0.15) is 18.3 Å². The van der Waals surface area contributed by atoms with Gasteiger partial charge in [0.25, 0.3) is 0 Å². The minimum atomic E-state index is -4.13. The van der Waals surface area contributed by atoms with Crippen LogP contribution in [0.5, 0.6) is 0 Å². The van der Waals surface area contributed by atoms with E-state index in [0.29, 0.717) is 23.6 Å². The van der Waals surface area contributed by atoms with Crippen molar-refractivity contribution in [2.24, 2.45) is 5.92 Å². The molecule has 4 nitrogen and oxygen atoms in total. The van der Waals surface area contributed by atoms with Crippen molar-refractivity contribution < 1.29 is 13.2 Å². The largest absolute Gasteiger partial charge is 0.392 e. The van der Waals surface area contributed by atoms with E-state index in [-0.39, 0.29) is 12.8 Å². The summed E-state index contributed by atoms with van der Waals surface area (Å²) >= 11 is 0. The number of H-pyrrole nitrogens is 2. The van der Waals surface area contributed by atoms with Gasteiger partial charge in [-0.15, -0.1) is 0 Å². The molecule has 7 heteroatoms. The third-order valence-corrected chi connectivity index (χ3v) is 3.26. The normalized spacial score (nSPS) is 19.8. The summed E-state index contributed by atoms with van der Waals surface area (Å²) in [4.78, 5) is 7.27. The standard InChI is InChI=1S/C11H11F3N4/c12-11(13,14)6-1-2-7-9(5-6)17-10(16-7)8-3-4-15-18-8/h3-4,6H,1-2,5H2,(H,15,18)(H,16,17). The van der Waals surface area contributed by atoms with Crippen LogP contribution in [0.25, 0.3) is 11.5 Å². The van der Waals surface area contributed by atoms with Gasteiger partial charge in [0, 0.05) is 18.3 Å². The fraction of sp³-hybridized carbons (Fsp3) is 0.455. The molecular weight excluding hydrogens is 245 g/mol. The number of nitrogens with one attached hydrogen (secondary N) is 2. The fourth-order valence-electron chi connectivity index (χ4n) is 2.28. The van der Waals surface area contributed by atoms with Crippen molar-refractivity contribution >= 4 is 0 Å². The Labute approximate surface area is 101 Å². The highest BCUT2D eigenvalue weighted by molar-refractivity contribution is 5.49. The molecule has 18 heavy (non-hydrogen) atoms. The first-order valence-corrected chi connectivity index (χ1v) is 5.68. The molecule has 1 atom stereocenters. The van der Waals surface area contributed by atoms with Crippen LogP contribution in [0.1, 0.15) is 17.8 Å². The second-order valence-electron chi connectivity index (χ2n) is 4.46. The van der Waals surface area contributed by atoms with E-state index in [0.717, 1.165) is 5.69 Å². The van der Waals surface area contributed by atoms with E-state index < -0.39 is 12.1 Å². The zero-order valence-corrected chi connectivity index (χ0v) is 9.38. The van der Waals surface area contributed by atoms with Gasteiger partial charge >= 0.3 is 6.18 Å². The summed E-state index contributed by atoms with van der Waals surface area (Å²) in [6, 6.07) is 1.73. The monoisotopic (exact) mass is 256 g/mol.